The highest BCUT2D eigenvalue weighted by molar-refractivity contribution is 5.77. The lowest BCUT2D eigenvalue weighted by Gasteiger charge is -2.24. The van der Waals surface area contributed by atoms with Gasteiger partial charge in [-0.1, -0.05) is 6.07 Å². The smallest absolute Gasteiger partial charge is 0.416 e. The summed E-state index contributed by atoms with van der Waals surface area (Å²) in [6, 6.07) is 4.95. The molecule has 1 aliphatic heterocycles. The summed E-state index contributed by atoms with van der Waals surface area (Å²) in [5.41, 5.74) is -4.29. The number of aryl methyl sites for hydroxylation is 1. The molecule has 1 amide bonds. The molecular weight excluding hydrogens is 585 g/mol. The van der Waals surface area contributed by atoms with Crippen LogP contribution in [0.5, 0.6) is 11.5 Å². The molecule has 0 aromatic heterocycles. The number of ether oxygens (including phenoxy) is 2. The van der Waals surface area contributed by atoms with Crippen LogP contribution in [0.25, 0.3) is 11.1 Å². The van der Waals surface area contributed by atoms with Gasteiger partial charge in [0, 0.05) is 5.56 Å². The number of aromatic hydroxyl groups is 1. The molecule has 1 aliphatic rings. The summed E-state index contributed by atoms with van der Waals surface area (Å²) in [6.07, 6.45) is -17.9. The van der Waals surface area contributed by atoms with Gasteiger partial charge in [-0.05, 0) is 78.6 Å². The van der Waals surface area contributed by atoms with Crippen molar-refractivity contribution in [1.82, 2.24) is 4.90 Å². The number of cyclic esters (lactones) is 1. The molecule has 1 fully saturated rings. The lowest BCUT2D eigenvalue weighted by Crippen LogP contribution is -2.32. The highest BCUT2D eigenvalue weighted by atomic mass is 19.4. The maximum atomic E-state index is 13.6. The highest BCUT2D eigenvalue weighted by Crippen LogP contribution is 2.43. The number of hydrogen-bond donors (Lipinski definition) is 1. The van der Waals surface area contributed by atoms with E-state index in [1.54, 1.807) is 6.92 Å². The monoisotopic (exact) mass is 607 g/mol. The standard InChI is InChI=1S/C28H22F9NO4/c1-13-6-23(41-3)21(11-22(13)39)20-5-4-17(26(29,30)31)9-16(20)12-38-14(2)24(42-25(38)40)15-7-18(27(32,33)34)10-19(8-15)28(35,36)37/h4-11,14,24,39H,12H2,1-3H3/t14-,24-/m0/s1. The molecule has 1 N–H and O–H groups in total. The fourth-order valence-electron chi connectivity index (χ4n) is 4.70. The summed E-state index contributed by atoms with van der Waals surface area (Å²) in [5.74, 6) is -0.0134. The number of nitrogens with zero attached hydrogens (tertiary/aromatic N) is 1. The van der Waals surface area contributed by atoms with Crippen molar-refractivity contribution < 1.29 is 58.9 Å². The second-order valence-electron chi connectivity index (χ2n) is 9.72. The number of carbonyl (C=O) groups is 1. The molecule has 42 heavy (non-hydrogen) atoms. The van der Waals surface area contributed by atoms with E-state index < -0.39 is 65.6 Å². The first-order valence-corrected chi connectivity index (χ1v) is 12.2. The zero-order chi connectivity index (χ0) is 31.4. The van der Waals surface area contributed by atoms with Gasteiger partial charge in [0.05, 0.1) is 36.4 Å². The Bertz CT molecular complexity index is 1480. The van der Waals surface area contributed by atoms with Crippen LogP contribution < -0.4 is 4.74 Å². The van der Waals surface area contributed by atoms with Gasteiger partial charge < -0.3 is 14.6 Å². The predicted molar refractivity (Wildman–Crippen MR) is 131 cm³/mol. The molecule has 3 aromatic rings. The largest absolute Gasteiger partial charge is 0.508 e. The van der Waals surface area contributed by atoms with E-state index in [1.165, 1.54) is 26.2 Å². The second kappa shape index (κ2) is 10.6. The molecule has 4 rings (SSSR count). The molecule has 226 valence electrons. The molecule has 14 heteroatoms. The fraction of sp³-hybridized carbons (Fsp3) is 0.321. The van der Waals surface area contributed by atoms with Gasteiger partial charge in [0.15, 0.2) is 0 Å². The van der Waals surface area contributed by atoms with Gasteiger partial charge in [0.25, 0.3) is 0 Å². The van der Waals surface area contributed by atoms with Gasteiger partial charge in [-0.15, -0.1) is 0 Å². The van der Waals surface area contributed by atoms with Gasteiger partial charge >= 0.3 is 24.6 Å². The topological polar surface area (TPSA) is 59.0 Å². The number of phenolic OH excluding ortho intramolecular Hbond substituents is 1. The Morgan fingerprint density at radius 2 is 1.40 bits per heavy atom. The average Bonchev–Trinajstić information content (AvgIpc) is 3.16. The highest BCUT2D eigenvalue weighted by Gasteiger charge is 2.43. The third-order valence-electron chi connectivity index (χ3n) is 6.91. The van der Waals surface area contributed by atoms with Crippen molar-refractivity contribution in [2.45, 2.75) is 51.1 Å². The molecule has 0 unspecified atom stereocenters. The number of phenols is 1. The molecule has 0 saturated carbocycles. The first-order chi connectivity index (χ1) is 19.3. The SMILES string of the molecule is COc1cc(C)c(O)cc1-c1ccc(C(F)(F)F)cc1CN1C(=O)O[C@H](c2cc(C(F)(F)F)cc(C(F)(F)F)c2)[C@@H]1C. The zero-order valence-electron chi connectivity index (χ0n) is 22.0. The van der Waals surface area contributed by atoms with Crippen LogP contribution in [0.1, 0.15) is 46.4 Å². The van der Waals surface area contributed by atoms with Gasteiger partial charge in [0.1, 0.15) is 17.6 Å². The maximum Gasteiger partial charge on any atom is 0.416 e. The van der Waals surface area contributed by atoms with Crippen LogP contribution in [-0.2, 0) is 29.8 Å². The Kier molecular flexibility index (Phi) is 7.80. The van der Waals surface area contributed by atoms with Crippen LogP contribution in [0.2, 0.25) is 0 Å². The van der Waals surface area contributed by atoms with Crippen LogP contribution in [-0.4, -0.2) is 29.3 Å². The lowest BCUT2D eigenvalue weighted by atomic mass is 9.94. The first-order valence-electron chi connectivity index (χ1n) is 12.2. The Labute approximate surface area is 233 Å². The number of benzene rings is 3. The normalized spacial score (nSPS) is 17.9. The molecule has 5 nitrogen and oxygen atoms in total. The van der Waals surface area contributed by atoms with E-state index in [9.17, 15) is 49.4 Å². The van der Waals surface area contributed by atoms with E-state index >= 15 is 0 Å². The number of amides is 1. The van der Waals surface area contributed by atoms with Crippen LogP contribution in [0.3, 0.4) is 0 Å². The van der Waals surface area contributed by atoms with E-state index in [0.29, 0.717) is 17.7 Å². The molecule has 1 saturated heterocycles. The fourth-order valence-corrected chi connectivity index (χ4v) is 4.70. The van der Waals surface area contributed by atoms with E-state index in [1.807, 2.05) is 0 Å². The van der Waals surface area contributed by atoms with Crippen molar-refractivity contribution >= 4 is 6.09 Å². The molecule has 0 aliphatic carbocycles. The van der Waals surface area contributed by atoms with Crippen LogP contribution in [0.15, 0.2) is 48.5 Å². The van der Waals surface area contributed by atoms with E-state index in [2.05, 4.69) is 0 Å². The lowest BCUT2D eigenvalue weighted by molar-refractivity contribution is -0.143. The summed E-state index contributed by atoms with van der Waals surface area (Å²) in [5, 5.41) is 10.3. The molecule has 0 bridgehead atoms. The van der Waals surface area contributed by atoms with Crippen LogP contribution >= 0.6 is 0 Å². The number of halogens is 9. The predicted octanol–water partition coefficient (Wildman–Crippen LogP) is 8.51. The summed E-state index contributed by atoms with van der Waals surface area (Å²) < 4.78 is 132. The van der Waals surface area contributed by atoms with Crippen LogP contribution in [0.4, 0.5) is 44.3 Å². The van der Waals surface area contributed by atoms with E-state index in [4.69, 9.17) is 9.47 Å². The van der Waals surface area contributed by atoms with Crippen molar-refractivity contribution in [3.63, 3.8) is 0 Å². The Morgan fingerprint density at radius 3 is 1.93 bits per heavy atom. The number of carbonyl (C=O) groups excluding carboxylic acids is 1. The minimum absolute atomic E-state index is 0.0675. The molecule has 1 heterocycles. The summed E-state index contributed by atoms with van der Waals surface area (Å²) in [4.78, 5) is 13.8. The molecule has 0 spiro atoms. The number of rotatable bonds is 5. The molecule has 0 radical (unpaired) electrons. The van der Waals surface area contributed by atoms with Gasteiger partial charge in [-0.2, -0.15) is 39.5 Å². The summed E-state index contributed by atoms with van der Waals surface area (Å²) >= 11 is 0. The van der Waals surface area contributed by atoms with Gasteiger partial charge in [0.2, 0.25) is 0 Å². The Hall–Kier alpha value is -4.10. The third kappa shape index (κ3) is 6.07. The minimum Gasteiger partial charge on any atom is -0.508 e. The Balaban J connectivity index is 1.79. The summed E-state index contributed by atoms with van der Waals surface area (Å²) in [7, 11) is 1.30. The zero-order valence-corrected chi connectivity index (χ0v) is 22.0. The molecule has 2 atom stereocenters. The quantitative estimate of drug-likeness (QED) is 0.296. The van der Waals surface area contributed by atoms with Crippen molar-refractivity contribution in [1.29, 1.82) is 0 Å². The molecular formula is C28H22F9NO4. The van der Waals surface area contributed by atoms with Gasteiger partial charge in [-0.25, -0.2) is 4.79 Å². The van der Waals surface area contributed by atoms with Crippen molar-refractivity contribution in [2.75, 3.05) is 7.11 Å². The first kappa shape index (κ1) is 30.8. The van der Waals surface area contributed by atoms with Crippen molar-refractivity contribution in [2.24, 2.45) is 0 Å². The van der Waals surface area contributed by atoms with Crippen LogP contribution in [0, 0.1) is 6.92 Å². The summed E-state index contributed by atoms with van der Waals surface area (Å²) in [6.45, 7) is 2.28. The Morgan fingerprint density at radius 1 is 0.833 bits per heavy atom. The van der Waals surface area contributed by atoms with Gasteiger partial charge in [-0.3, -0.25) is 4.90 Å². The average molecular weight is 607 g/mol. The molecule has 3 aromatic carbocycles. The van der Waals surface area contributed by atoms with E-state index in [0.717, 1.165) is 23.1 Å². The maximum absolute atomic E-state index is 13.6. The minimum atomic E-state index is -5.15. The van der Waals surface area contributed by atoms with Crippen molar-refractivity contribution in [3.05, 3.63) is 81.9 Å². The van der Waals surface area contributed by atoms with E-state index in [-0.39, 0.29) is 34.3 Å². The third-order valence-corrected chi connectivity index (χ3v) is 6.91. The number of hydrogen-bond acceptors (Lipinski definition) is 4. The van der Waals surface area contributed by atoms with Crippen molar-refractivity contribution in [3.8, 4) is 22.6 Å². The number of alkyl halides is 9. The second-order valence-corrected chi connectivity index (χ2v) is 9.72. The number of methoxy groups -OCH3 is 1.